The molecular weight excluding hydrogens is 474 g/mol. The first-order chi connectivity index (χ1) is 18.5. The molecule has 2 N–H and O–H groups in total. The van der Waals surface area contributed by atoms with Crippen LogP contribution in [0.25, 0.3) is 33.7 Å². The van der Waals surface area contributed by atoms with Crippen LogP contribution in [0.3, 0.4) is 0 Å². The molecule has 2 aromatic heterocycles. The molecule has 6 rings (SSSR count). The second kappa shape index (κ2) is 9.63. The van der Waals surface area contributed by atoms with Crippen molar-refractivity contribution in [2.45, 2.75) is 31.6 Å². The van der Waals surface area contributed by atoms with E-state index in [1.165, 1.54) is 0 Å². The maximum atomic E-state index is 11.8. The minimum absolute atomic E-state index is 0.643. The molecule has 5 aromatic rings. The number of hydrogen-bond acceptors (Lipinski definition) is 5. The molecule has 6 heteroatoms. The lowest BCUT2D eigenvalue weighted by Gasteiger charge is -2.38. The predicted octanol–water partition coefficient (Wildman–Crippen LogP) is 7.63. The summed E-state index contributed by atoms with van der Waals surface area (Å²) in [6.07, 6.45) is 2.37. The van der Waals surface area contributed by atoms with Gasteiger partial charge in [-0.1, -0.05) is 96.5 Å². The Hall–Kier alpha value is -4.71. The number of anilines is 2. The van der Waals surface area contributed by atoms with E-state index in [1.54, 1.807) is 0 Å². The molecule has 0 radical (unpaired) electrons. The van der Waals surface area contributed by atoms with Crippen LogP contribution in [-0.4, -0.2) is 21.2 Å². The highest BCUT2D eigenvalue weighted by Gasteiger charge is 2.45. The normalized spacial score (nSPS) is 14.0. The first-order valence-electron chi connectivity index (χ1n) is 12.7. The third-order valence-corrected chi connectivity index (χ3v) is 7.47. The number of pyridine rings is 1. The predicted molar refractivity (Wildman–Crippen MR) is 148 cm³/mol. The van der Waals surface area contributed by atoms with Crippen molar-refractivity contribution in [3.05, 3.63) is 108 Å². The number of carboxylic acids is 1. The van der Waals surface area contributed by atoms with Gasteiger partial charge < -0.3 is 14.9 Å². The number of rotatable bonds is 7. The SMILES string of the molecule is Cc1noc(-c2ccc(-c3ccc(C4(C(=O)O)CCC4)cc3)cc2)c1Nc1cccc(-c2ccccc2)n1. The Kier molecular flexibility index (Phi) is 6.00. The van der Waals surface area contributed by atoms with E-state index < -0.39 is 11.4 Å². The smallest absolute Gasteiger partial charge is 0.314 e. The van der Waals surface area contributed by atoms with Crippen molar-refractivity contribution in [1.29, 1.82) is 0 Å². The van der Waals surface area contributed by atoms with Crippen LogP contribution in [0.15, 0.2) is 102 Å². The molecule has 0 atom stereocenters. The van der Waals surface area contributed by atoms with E-state index in [1.807, 2.05) is 104 Å². The van der Waals surface area contributed by atoms with Gasteiger partial charge >= 0.3 is 5.97 Å². The molecule has 0 unspecified atom stereocenters. The lowest BCUT2D eigenvalue weighted by molar-refractivity contribution is -0.147. The minimum Gasteiger partial charge on any atom is -0.481 e. The van der Waals surface area contributed by atoms with Gasteiger partial charge in [0.25, 0.3) is 0 Å². The van der Waals surface area contributed by atoms with Gasteiger partial charge in [0.1, 0.15) is 17.2 Å². The molecule has 0 aliphatic heterocycles. The largest absolute Gasteiger partial charge is 0.481 e. The molecule has 1 fully saturated rings. The summed E-state index contributed by atoms with van der Waals surface area (Å²) in [6.45, 7) is 1.90. The average molecular weight is 502 g/mol. The highest BCUT2D eigenvalue weighted by Crippen LogP contribution is 2.44. The topological polar surface area (TPSA) is 88.2 Å². The molecular formula is C32H27N3O3. The van der Waals surface area contributed by atoms with Gasteiger partial charge in [-0.15, -0.1) is 0 Å². The third-order valence-electron chi connectivity index (χ3n) is 7.47. The first-order valence-corrected chi connectivity index (χ1v) is 12.7. The van der Waals surface area contributed by atoms with Gasteiger partial charge in [0.15, 0.2) is 5.76 Å². The number of aliphatic carboxylic acids is 1. The Labute approximate surface area is 221 Å². The Morgan fingerprint density at radius 1 is 0.816 bits per heavy atom. The second-order valence-corrected chi connectivity index (χ2v) is 9.77. The van der Waals surface area contributed by atoms with Crippen molar-refractivity contribution in [2.75, 3.05) is 5.32 Å². The average Bonchev–Trinajstić information content (AvgIpc) is 3.29. The molecule has 1 aliphatic rings. The number of carbonyl (C=O) groups is 1. The molecule has 0 amide bonds. The van der Waals surface area contributed by atoms with Gasteiger partial charge in [-0.25, -0.2) is 4.98 Å². The summed E-state index contributed by atoms with van der Waals surface area (Å²) in [5.41, 5.74) is 6.60. The number of benzene rings is 3. The fourth-order valence-electron chi connectivity index (χ4n) is 5.07. The molecule has 0 bridgehead atoms. The van der Waals surface area contributed by atoms with E-state index in [4.69, 9.17) is 9.51 Å². The molecule has 1 aliphatic carbocycles. The molecule has 0 spiro atoms. The first kappa shape index (κ1) is 23.7. The molecule has 6 nitrogen and oxygen atoms in total. The van der Waals surface area contributed by atoms with Gasteiger partial charge in [-0.3, -0.25) is 4.79 Å². The number of nitrogens with one attached hydrogen (secondary N) is 1. The van der Waals surface area contributed by atoms with Gasteiger partial charge in [-0.2, -0.15) is 0 Å². The Morgan fingerprint density at radius 2 is 1.47 bits per heavy atom. The fraction of sp³-hybridized carbons (Fsp3) is 0.156. The molecule has 3 aromatic carbocycles. The number of nitrogens with zero attached hydrogens (tertiary/aromatic N) is 2. The van der Waals surface area contributed by atoms with Crippen LogP contribution >= 0.6 is 0 Å². The van der Waals surface area contributed by atoms with Crippen molar-refractivity contribution in [3.63, 3.8) is 0 Å². The van der Waals surface area contributed by atoms with E-state index in [0.29, 0.717) is 24.4 Å². The number of aryl methyl sites for hydroxylation is 1. The van der Waals surface area contributed by atoms with Gasteiger partial charge in [-0.05, 0) is 48.6 Å². The lowest BCUT2D eigenvalue weighted by Crippen LogP contribution is -2.42. The number of carboxylic acid groups (broad SMARTS) is 1. The van der Waals surface area contributed by atoms with Crippen LogP contribution in [0, 0.1) is 6.92 Å². The maximum Gasteiger partial charge on any atom is 0.314 e. The van der Waals surface area contributed by atoms with Crippen LogP contribution in [0.1, 0.15) is 30.5 Å². The molecule has 2 heterocycles. The standard InChI is InChI=1S/C32H27N3O3/c1-21-29(34-28-10-5-9-27(33-28)24-7-3-2-4-8-24)30(38-35-21)25-13-11-22(12-14-25)23-15-17-26(18-16-23)32(31(36)37)19-6-20-32/h2-5,7-18H,6,19-20H2,1H3,(H,33,34)(H,36,37). The number of hydrogen-bond donors (Lipinski definition) is 2. The van der Waals surface area contributed by atoms with Crippen LogP contribution in [0.4, 0.5) is 11.5 Å². The Balaban J connectivity index is 1.24. The van der Waals surface area contributed by atoms with Crippen LogP contribution < -0.4 is 5.32 Å². The molecule has 188 valence electrons. The van der Waals surface area contributed by atoms with Crippen molar-refractivity contribution in [2.24, 2.45) is 0 Å². The van der Waals surface area contributed by atoms with Gasteiger partial charge in [0.05, 0.1) is 11.1 Å². The summed E-state index contributed by atoms with van der Waals surface area (Å²) in [7, 11) is 0. The van der Waals surface area contributed by atoms with Crippen molar-refractivity contribution in [1.82, 2.24) is 10.1 Å². The maximum absolute atomic E-state index is 11.8. The van der Waals surface area contributed by atoms with E-state index >= 15 is 0 Å². The zero-order chi connectivity index (χ0) is 26.1. The van der Waals surface area contributed by atoms with Gasteiger partial charge in [0, 0.05) is 11.1 Å². The third kappa shape index (κ3) is 4.24. The highest BCUT2D eigenvalue weighted by molar-refractivity contribution is 5.83. The van der Waals surface area contributed by atoms with E-state index in [9.17, 15) is 9.90 Å². The zero-order valence-corrected chi connectivity index (χ0v) is 21.0. The summed E-state index contributed by atoms with van der Waals surface area (Å²) in [6, 6.07) is 32.0. The Bertz CT molecular complexity index is 1590. The van der Waals surface area contributed by atoms with E-state index in [-0.39, 0.29) is 0 Å². The molecule has 38 heavy (non-hydrogen) atoms. The van der Waals surface area contributed by atoms with Crippen molar-refractivity contribution >= 4 is 17.5 Å². The van der Waals surface area contributed by atoms with Gasteiger partial charge in [0.2, 0.25) is 0 Å². The number of aromatic nitrogens is 2. The quantitative estimate of drug-likeness (QED) is 0.238. The van der Waals surface area contributed by atoms with Crippen LogP contribution in [-0.2, 0) is 10.2 Å². The second-order valence-electron chi connectivity index (χ2n) is 9.77. The summed E-state index contributed by atoms with van der Waals surface area (Å²) >= 11 is 0. The van der Waals surface area contributed by atoms with Crippen LogP contribution in [0.5, 0.6) is 0 Å². The summed E-state index contributed by atoms with van der Waals surface area (Å²) in [5, 5.41) is 17.3. The summed E-state index contributed by atoms with van der Waals surface area (Å²) in [5.74, 6) is 0.625. The lowest BCUT2D eigenvalue weighted by atomic mass is 9.64. The molecule has 0 saturated heterocycles. The van der Waals surface area contributed by atoms with Crippen molar-refractivity contribution in [3.8, 4) is 33.7 Å². The van der Waals surface area contributed by atoms with Crippen LogP contribution in [0.2, 0.25) is 0 Å². The summed E-state index contributed by atoms with van der Waals surface area (Å²) in [4.78, 5) is 16.6. The van der Waals surface area contributed by atoms with Crippen molar-refractivity contribution < 1.29 is 14.4 Å². The Morgan fingerprint density at radius 3 is 2.11 bits per heavy atom. The zero-order valence-electron chi connectivity index (χ0n) is 21.0. The highest BCUT2D eigenvalue weighted by atomic mass is 16.5. The van der Waals surface area contributed by atoms with E-state index in [2.05, 4.69) is 10.5 Å². The van der Waals surface area contributed by atoms with E-state index in [0.717, 1.165) is 51.3 Å². The monoisotopic (exact) mass is 501 g/mol. The molecule has 1 saturated carbocycles. The summed E-state index contributed by atoms with van der Waals surface area (Å²) < 4.78 is 5.71. The minimum atomic E-state index is -0.727. The fourth-order valence-corrected chi connectivity index (χ4v) is 5.07.